The van der Waals surface area contributed by atoms with E-state index in [0.717, 1.165) is 17.8 Å². The van der Waals surface area contributed by atoms with Gasteiger partial charge in [-0.1, -0.05) is 29.3 Å². The molecule has 4 saturated carbocycles. The highest BCUT2D eigenvalue weighted by atomic mass is 35.5. The predicted octanol–water partition coefficient (Wildman–Crippen LogP) is 5.41. The summed E-state index contributed by atoms with van der Waals surface area (Å²) in [5, 5.41) is 6.94. The molecular formula is C19H22Cl2N2OS. The summed E-state index contributed by atoms with van der Waals surface area (Å²) in [6.07, 6.45) is 8.38. The van der Waals surface area contributed by atoms with Crippen LogP contribution in [0.4, 0.5) is 5.69 Å². The highest BCUT2D eigenvalue weighted by Crippen LogP contribution is 2.61. The van der Waals surface area contributed by atoms with E-state index in [-0.39, 0.29) is 16.4 Å². The number of carbonyl (C=O) groups is 1. The number of nitrogens with one attached hydrogen (secondary N) is 2. The number of halogens is 2. The maximum atomic E-state index is 12.6. The van der Waals surface area contributed by atoms with E-state index in [9.17, 15) is 4.79 Å². The fraction of sp³-hybridized carbons (Fsp3) is 0.579. The van der Waals surface area contributed by atoms with Gasteiger partial charge in [0.2, 0.25) is 5.91 Å². The van der Waals surface area contributed by atoms with Crippen LogP contribution in [0, 0.1) is 23.2 Å². The summed E-state index contributed by atoms with van der Waals surface area (Å²) in [4.78, 5) is 12.6. The zero-order chi connectivity index (χ0) is 17.6. The van der Waals surface area contributed by atoms with Crippen LogP contribution in [0.25, 0.3) is 0 Å². The molecule has 4 aliphatic rings. The fourth-order valence-electron chi connectivity index (χ4n) is 5.77. The summed E-state index contributed by atoms with van der Waals surface area (Å²) in [6.45, 7) is 0. The highest BCUT2D eigenvalue weighted by molar-refractivity contribution is 7.80. The molecule has 1 amide bonds. The van der Waals surface area contributed by atoms with Crippen LogP contribution in [0.2, 0.25) is 10.0 Å². The van der Waals surface area contributed by atoms with Gasteiger partial charge in [-0.2, -0.15) is 0 Å². The van der Waals surface area contributed by atoms with Crippen LogP contribution in [0.3, 0.4) is 0 Å². The summed E-state index contributed by atoms with van der Waals surface area (Å²) in [5.74, 6) is 2.54. The molecule has 134 valence electrons. The van der Waals surface area contributed by atoms with Crippen molar-refractivity contribution in [3.05, 3.63) is 28.2 Å². The molecule has 0 aliphatic heterocycles. The summed E-state index contributed by atoms with van der Waals surface area (Å²) in [7, 11) is 0. The fourth-order valence-corrected chi connectivity index (χ4v) is 6.34. The van der Waals surface area contributed by atoms with Crippen molar-refractivity contribution >= 4 is 52.1 Å². The van der Waals surface area contributed by atoms with Gasteiger partial charge in [0, 0.05) is 6.42 Å². The van der Waals surface area contributed by atoms with Gasteiger partial charge >= 0.3 is 0 Å². The Kier molecular flexibility index (Phi) is 4.72. The van der Waals surface area contributed by atoms with Gasteiger partial charge in [-0.3, -0.25) is 4.79 Å². The third kappa shape index (κ3) is 3.67. The van der Waals surface area contributed by atoms with Gasteiger partial charge in [-0.25, -0.2) is 0 Å². The first-order chi connectivity index (χ1) is 11.9. The lowest BCUT2D eigenvalue weighted by Crippen LogP contribution is -2.48. The van der Waals surface area contributed by atoms with Crippen molar-refractivity contribution in [2.45, 2.75) is 44.9 Å². The predicted molar refractivity (Wildman–Crippen MR) is 106 cm³/mol. The summed E-state index contributed by atoms with van der Waals surface area (Å²) in [6, 6.07) is 5.28. The Balaban J connectivity index is 1.36. The Morgan fingerprint density at radius 1 is 1.12 bits per heavy atom. The molecule has 0 spiro atoms. The van der Waals surface area contributed by atoms with E-state index in [1.165, 1.54) is 38.5 Å². The molecule has 4 fully saturated rings. The van der Waals surface area contributed by atoms with E-state index < -0.39 is 0 Å². The van der Waals surface area contributed by atoms with E-state index in [0.29, 0.717) is 22.2 Å². The van der Waals surface area contributed by atoms with Crippen molar-refractivity contribution in [1.82, 2.24) is 5.32 Å². The van der Waals surface area contributed by atoms with Gasteiger partial charge in [0.15, 0.2) is 5.11 Å². The zero-order valence-corrected chi connectivity index (χ0v) is 16.3. The second kappa shape index (κ2) is 6.71. The zero-order valence-electron chi connectivity index (χ0n) is 14.0. The van der Waals surface area contributed by atoms with Crippen molar-refractivity contribution in [2.75, 3.05) is 5.32 Å². The minimum Gasteiger partial charge on any atom is -0.331 e. The van der Waals surface area contributed by atoms with Gasteiger partial charge in [-0.15, -0.1) is 0 Å². The average Bonchev–Trinajstić information content (AvgIpc) is 2.49. The van der Waals surface area contributed by atoms with Crippen molar-refractivity contribution in [3.8, 4) is 0 Å². The first-order valence-corrected chi connectivity index (χ1v) is 10.1. The van der Waals surface area contributed by atoms with E-state index >= 15 is 0 Å². The van der Waals surface area contributed by atoms with Crippen LogP contribution in [0.1, 0.15) is 44.9 Å². The van der Waals surface area contributed by atoms with Gasteiger partial charge in [0.1, 0.15) is 0 Å². The quantitative estimate of drug-likeness (QED) is 0.670. The number of hydrogen-bond acceptors (Lipinski definition) is 2. The largest absolute Gasteiger partial charge is 0.331 e. The van der Waals surface area contributed by atoms with Crippen LogP contribution in [0.15, 0.2) is 18.2 Å². The lowest BCUT2D eigenvalue weighted by molar-refractivity contribution is -0.127. The van der Waals surface area contributed by atoms with E-state index in [4.69, 9.17) is 35.4 Å². The van der Waals surface area contributed by atoms with Crippen LogP contribution in [-0.4, -0.2) is 11.0 Å². The van der Waals surface area contributed by atoms with E-state index in [1.54, 1.807) is 18.2 Å². The number of carbonyl (C=O) groups excluding carboxylic acids is 1. The van der Waals surface area contributed by atoms with Crippen LogP contribution in [-0.2, 0) is 4.79 Å². The molecular weight excluding hydrogens is 375 g/mol. The van der Waals surface area contributed by atoms with Gasteiger partial charge < -0.3 is 10.6 Å². The number of anilines is 1. The molecule has 0 saturated heterocycles. The molecule has 4 aliphatic carbocycles. The number of rotatable bonds is 3. The third-order valence-electron chi connectivity index (χ3n) is 6.15. The Morgan fingerprint density at radius 3 is 2.32 bits per heavy atom. The first kappa shape index (κ1) is 17.6. The van der Waals surface area contributed by atoms with Crippen molar-refractivity contribution in [1.29, 1.82) is 0 Å². The number of hydrogen-bond donors (Lipinski definition) is 2. The first-order valence-electron chi connectivity index (χ1n) is 8.97. The SMILES string of the molecule is O=C(CC12CC3CC(CC(C3)C1)C2)NC(=S)Nc1cccc(Cl)c1Cl. The number of thiocarbonyl (C=S) groups is 1. The van der Waals surface area contributed by atoms with Crippen LogP contribution >= 0.6 is 35.4 Å². The standard InChI is InChI=1S/C19H22Cl2N2OS/c20-14-2-1-3-15(17(14)21)22-18(25)23-16(24)10-19-7-11-4-12(8-19)6-13(5-11)9-19/h1-3,11-13H,4-10H2,(H2,22,23,24,25). The maximum Gasteiger partial charge on any atom is 0.226 e. The van der Waals surface area contributed by atoms with Gasteiger partial charge in [0.05, 0.1) is 15.7 Å². The normalized spacial score (nSPS) is 32.5. The molecule has 5 rings (SSSR count). The molecule has 6 heteroatoms. The smallest absolute Gasteiger partial charge is 0.226 e. The van der Waals surface area contributed by atoms with Crippen LogP contribution in [0.5, 0.6) is 0 Å². The molecule has 0 aromatic heterocycles. The van der Waals surface area contributed by atoms with Crippen molar-refractivity contribution in [2.24, 2.45) is 23.2 Å². The molecule has 0 unspecified atom stereocenters. The van der Waals surface area contributed by atoms with Crippen molar-refractivity contribution in [3.63, 3.8) is 0 Å². The molecule has 0 radical (unpaired) electrons. The number of amides is 1. The molecule has 25 heavy (non-hydrogen) atoms. The molecule has 1 aromatic rings. The number of benzene rings is 1. The second-order valence-electron chi connectivity index (χ2n) is 8.20. The summed E-state index contributed by atoms with van der Waals surface area (Å²) < 4.78 is 0. The minimum absolute atomic E-state index is 0.0117. The Morgan fingerprint density at radius 2 is 1.72 bits per heavy atom. The lowest BCUT2D eigenvalue weighted by atomic mass is 9.49. The minimum atomic E-state index is 0.0117. The highest BCUT2D eigenvalue weighted by Gasteiger charge is 2.51. The Hall–Kier alpha value is -0.840. The topological polar surface area (TPSA) is 41.1 Å². The molecule has 1 aromatic carbocycles. The second-order valence-corrected chi connectivity index (χ2v) is 9.39. The Labute approximate surface area is 163 Å². The monoisotopic (exact) mass is 396 g/mol. The average molecular weight is 397 g/mol. The Bertz CT molecular complexity index is 686. The lowest BCUT2D eigenvalue weighted by Gasteiger charge is -2.56. The van der Waals surface area contributed by atoms with E-state index in [1.807, 2.05) is 0 Å². The molecule has 4 bridgehead atoms. The summed E-state index contributed by atoms with van der Waals surface area (Å²) >= 11 is 17.4. The van der Waals surface area contributed by atoms with Gasteiger partial charge in [-0.05, 0) is 86.0 Å². The molecule has 0 atom stereocenters. The maximum absolute atomic E-state index is 12.6. The molecule has 2 N–H and O–H groups in total. The van der Waals surface area contributed by atoms with E-state index in [2.05, 4.69) is 10.6 Å². The molecule has 0 heterocycles. The molecule has 3 nitrogen and oxygen atoms in total. The van der Waals surface area contributed by atoms with Crippen LogP contribution < -0.4 is 10.6 Å². The van der Waals surface area contributed by atoms with Gasteiger partial charge in [0.25, 0.3) is 0 Å². The third-order valence-corrected chi connectivity index (χ3v) is 7.18. The van der Waals surface area contributed by atoms with Crippen molar-refractivity contribution < 1.29 is 4.79 Å². The summed E-state index contributed by atoms with van der Waals surface area (Å²) in [5.41, 5.74) is 0.816.